The maximum Gasteiger partial charge on any atom is 0.319 e. The predicted octanol–water partition coefficient (Wildman–Crippen LogP) is 1.31. The highest BCUT2D eigenvalue weighted by atomic mass is 16.5. The minimum atomic E-state index is -0.201. The van der Waals surface area contributed by atoms with Crippen molar-refractivity contribution in [3.63, 3.8) is 0 Å². The van der Waals surface area contributed by atoms with Crippen LogP contribution in [0.15, 0.2) is 18.2 Å². The van der Waals surface area contributed by atoms with E-state index in [0.717, 1.165) is 13.0 Å². The minimum absolute atomic E-state index is 0.201. The van der Waals surface area contributed by atoms with Crippen molar-refractivity contribution in [2.24, 2.45) is 0 Å². The number of esters is 1. The van der Waals surface area contributed by atoms with Crippen molar-refractivity contribution >= 4 is 11.7 Å². The number of hydrogen-bond donors (Lipinski definition) is 2. The van der Waals surface area contributed by atoms with Crippen LogP contribution < -0.4 is 10.6 Å². The second-order valence-electron chi connectivity index (χ2n) is 4.04. The first-order valence-corrected chi connectivity index (χ1v) is 6.02. The average Bonchev–Trinajstić information content (AvgIpc) is 2.78. The molecule has 0 radical (unpaired) electrons. The molecule has 0 unspecified atom stereocenters. The van der Waals surface area contributed by atoms with E-state index in [-0.39, 0.29) is 12.5 Å². The molecule has 1 aliphatic heterocycles. The molecule has 0 amide bonds. The van der Waals surface area contributed by atoms with Crippen LogP contribution in [-0.4, -0.2) is 25.7 Å². The van der Waals surface area contributed by atoms with Gasteiger partial charge in [0.15, 0.2) is 0 Å². The number of nitrogens with one attached hydrogen (secondary N) is 2. The molecule has 0 spiro atoms. The van der Waals surface area contributed by atoms with E-state index in [2.05, 4.69) is 28.8 Å². The lowest BCUT2D eigenvalue weighted by atomic mass is 10.1. The Bertz CT molecular complexity index is 404. The van der Waals surface area contributed by atoms with Crippen molar-refractivity contribution < 1.29 is 9.53 Å². The normalized spacial score (nSPS) is 13.0. The molecule has 1 aromatic carbocycles. The monoisotopic (exact) mass is 234 g/mol. The van der Waals surface area contributed by atoms with E-state index in [4.69, 9.17) is 4.74 Å². The summed E-state index contributed by atoms with van der Waals surface area (Å²) < 4.78 is 4.86. The zero-order valence-electron chi connectivity index (χ0n) is 10.1. The van der Waals surface area contributed by atoms with Gasteiger partial charge < -0.3 is 15.4 Å². The van der Waals surface area contributed by atoms with E-state index < -0.39 is 0 Å². The van der Waals surface area contributed by atoms with Crippen molar-refractivity contribution in [1.29, 1.82) is 0 Å². The maximum absolute atomic E-state index is 11.2. The van der Waals surface area contributed by atoms with Crippen molar-refractivity contribution in [3.05, 3.63) is 29.3 Å². The van der Waals surface area contributed by atoms with E-state index >= 15 is 0 Å². The summed E-state index contributed by atoms with van der Waals surface area (Å²) in [6.45, 7) is 4.20. The van der Waals surface area contributed by atoms with Crippen LogP contribution in [0.25, 0.3) is 0 Å². The first-order valence-electron chi connectivity index (χ1n) is 6.02. The fourth-order valence-electron chi connectivity index (χ4n) is 2.07. The molecule has 1 heterocycles. The Labute approximate surface area is 101 Å². The van der Waals surface area contributed by atoms with Gasteiger partial charge in [-0.05, 0) is 24.5 Å². The summed E-state index contributed by atoms with van der Waals surface area (Å²) in [7, 11) is 0. The molecule has 92 valence electrons. The van der Waals surface area contributed by atoms with E-state index in [1.165, 1.54) is 16.8 Å². The fourth-order valence-corrected chi connectivity index (χ4v) is 2.07. The number of carbonyl (C=O) groups is 1. The van der Waals surface area contributed by atoms with E-state index in [1.807, 2.05) is 6.92 Å². The zero-order valence-corrected chi connectivity index (χ0v) is 10.1. The van der Waals surface area contributed by atoms with Crippen molar-refractivity contribution in [2.45, 2.75) is 19.9 Å². The minimum Gasteiger partial charge on any atom is -0.465 e. The van der Waals surface area contributed by atoms with Crippen LogP contribution in [0.4, 0.5) is 5.69 Å². The Hall–Kier alpha value is -1.55. The van der Waals surface area contributed by atoms with Gasteiger partial charge in [-0.2, -0.15) is 0 Å². The Morgan fingerprint density at radius 2 is 2.41 bits per heavy atom. The predicted molar refractivity (Wildman–Crippen MR) is 67.0 cm³/mol. The van der Waals surface area contributed by atoms with Gasteiger partial charge in [-0.25, -0.2) is 0 Å². The number of rotatable bonds is 5. The second-order valence-corrected chi connectivity index (χ2v) is 4.04. The molecule has 0 aliphatic carbocycles. The molecule has 2 rings (SSSR count). The van der Waals surface area contributed by atoms with Gasteiger partial charge in [0.2, 0.25) is 0 Å². The molecule has 2 N–H and O–H groups in total. The molecule has 0 atom stereocenters. The summed E-state index contributed by atoms with van der Waals surface area (Å²) in [5, 5.41) is 6.48. The Kier molecular flexibility index (Phi) is 3.98. The molecule has 4 heteroatoms. The van der Waals surface area contributed by atoms with Crippen LogP contribution in [-0.2, 0) is 22.5 Å². The van der Waals surface area contributed by atoms with Gasteiger partial charge in [0.1, 0.15) is 0 Å². The smallest absolute Gasteiger partial charge is 0.319 e. The first kappa shape index (κ1) is 11.9. The third-order valence-electron chi connectivity index (χ3n) is 2.82. The first-order chi connectivity index (χ1) is 8.31. The summed E-state index contributed by atoms with van der Waals surface area (Å²) in [5.41, 5.74) is 3.80. The highest BCUT2D eigenvalue weighted by Gasteiger charge is 2.13. The number of hydrogen-bond acceptors (Lipinski definition) is 4. The molecule has 0 saturated heterocycles. The highest BCUT2D eigenvalue weighted by molar-refractivity contribution is 5.71. The van der Waals surface area contributed by atoms with Gasteiger partial charge in [-0.1, -0.05) is 18.2 Å². The summed E-state index contributed by atoms with van der Waals surface area (Å²) in [4.78, 5) is 11.2. The third kappa shape index (κ3) is 2.97. The topological polar surface area (TPSA) is 50.4 Å². The molecule has 17 heavy (non-hydrogen) atoms. The molecule has 4 nitrogen and oxygen atoms in total. The number of carbonyl (C=O) groups excluding carboxylic acids is 1. The quantitative estimate of drug-likeness (QED) is 0.754. The summed E-state index contributed by atoms with van der Waals surface area (Å²) in [6, 6.07) is 6.28. The van der Waals surface area contributed by atoms with Crippen molar-refractivity contribution in [3.8, 4) is 0 Å². The molecule has 0 fully saturated rings. The average molecular weight is 234 g/mol. The lowest BCUT2D eigenvalue weighted by Gasteiger charge is -2.09. The zero-order chi connectivity index (χ0) is 12.1. The van der Waals surface area contributed by atoms with Crippen molar-refractivity contribution in [2.75, 3.05) is 25.0 Å². The van der Waals surface area contributed by atoms with Gasteiger partial charge >= 0.3 is 5.97 Å². The molecule has 1 aliphatic rings. The number of benzene rings is 1. The highest BCUT2D eigenvalue weighted by Crippen LogP contribution is 2.25. The number of fused-ring (bicyclic) bond motifs is 1. The van der Waals surface area contributed by atoms with Crippen LogP contribution in [0.2, 0.25) is 0 Å². The number of anilines is 1. The van der Waals surface area contributed by atoms with Gasteiger partial charge in [0.05, 0.1) is 13.2 Å². The third-order valence-corrected chi connectivity index (χ3v) is 2.82. The van der Waals surface area contributed by atoms with E-state index in [0.29, 0.717) is 13.2 Å². The van der Waals surface area contributed by atoms with Crippen LogP contribution >= 0.6 is 0 Å². The van der Waals surface area contributed by atoms with Gasteiger partial charge in [-0.15, -0.1) is 0 Å². The van der Waals surface area contributed by atoms with Crippen LogP contribution in [0.3, 0.4) is 0 Å². The fraction of sp³-hybridized carbons (Fsp3) is 0.462. The number of para-hydroxylation sites is 1. The SMILES string of the molecule is CCOC(=O)CNCc1cccc2c1NCC2. The summed E-state index contributed by atoms with van der Waals surface area (Å²) >= 11 is 0. The van der Waals surface area contributed by atoms with Crippen LogP contribution in [0.5, 0.6) is 0 Å². The van der Waals surface area contributed by atoms with E-state index in [1.54, 1.807) is 0 Å². The van der Waals surface area contributed by atoms with Gasteiger partial charge in [0, 0.05) is 18.8 Å². The lowest BCUT2D eigenvalue weighted by molar-refractivity contribution is -0.142. The summed E-state index contributed by atoms with van der Waals surface area (Å²) in [5.74, 6) is -0.201. The molecular weight excluding hydrogens is 216 g/mol. The Balaban J connectivity index is 1.87. The molecular formula is C13H18N2O2. The van der Waals surface area contributed by atoms with Crippen LogP contribution in [0.1, 0.15) is 18.1 Å². The van der Waals surface area contributed by atoms with E-state index in [9.17, 15) is 4.79 Å². The molecule has 0 saturated carbocycles. The Morgan fingerprint density at radius 3 is 3.24 bits per heavy atom. The van der Waals surface area contributed by atoms with Crippen LogP contribution in [0, 0.1) is 0 Å². The van der Waals surface area contributed by atoms with Gasteiger partial charge in [0.25, 0.3) is 0 Å². The van der Waals surface area contributed by atoms with Gasteiger partial charge in [-0.3, -0.25) is 4.79 Å². The Morgan fingerprint density at radius 1 is 1.53 bits per heavy atom. The van der Waals surface area contributed by atoms with Crippen molar-refractivity contribution in [1.82, 2.24) is 5.32 Å². The molecule has 0 aromatic heterocycles. The standard InChI is InChI=1S/C13H18N2O2/c1-2-17-12(16)9-14-8-11-5-3-4-10-6-7-15-13(10)11/h3-5,14-15H,2,6-9H2,1H3. The second kappa shape index (κ2) is 5.68. The molecule has 1 aromatic rings. The molecule has 0 bridgehead atoms. The number of ether oxygens (including phenoxy) is 1. The summed E-state index contributed by atoms with van der Waals surface area (Å²) in [6.07, 6.45) is 1.08. The lowest BCUT2D eigenvalue weighted by Crippen LogP contribution is -2.24. The largest absolute Gasteiger partial charge is 0.465 e. The maximum atomic E-state index is 11.2.